The minimum atomic E-state index is -0.0987. The summed E-state index contributed by atoms with van der Waals surface area (Å²) in [5.41, 5.74) is 1.20. The molecule has 0 spiro atoms. The van der Waals surface area contributed by atoms with E-state index in [1.165, 1.54) is 7.11 Å². The number of hydrogen-bond donors (Lipinski definition) is 0. The number of allylic oxidation sites excluding steroid dienone is 1. The number of rotatable bonds is 1. The van der Waals surface area contributed by atoms with E-state index in [9.17, 15) is 4.79 Å². The summed E-state index contributed by atoms with van der Waals surface area (Å²) in [4.78, 5) is 11.5. The average Bonchev–Trinajstić information content (AvgIpc) is 2.02. The Bertz CT molecular complexity index is 238. The predicted molar refractivity (Wildman–Crippen MR) is 52.3 cm³/mol. The predicted octanol–water partition coefficient (Wildman–Crippen LogP) is 2.54. The van der Waals surface area contributed by atoms with E-state index in [-0.39, 0.29) is 17.3 Å². The van der Waals surface area contributed by atoms with E-state index in [2.05, 4.69) is 19.9 Å². The van der Waals surface area contributed by atoms with E-state index in [0.29, 0.717) is 0 Å². The molecule has 0 saturated carbocycles. The Labute approximate surface area is 80.0 Å². The minimum absolute atomic E-state index is 0.0475. The molecule has 0 fully saturated rings. The Morgan fingerprint density at radius 1 is 1.62 bits per heavy atom. The summed E-state index contributed by atoms with van der Waals surface area (Å²) in [6, 6.07) is 0. The summed E-state index contributed by atoms with van der Waals surface area (Å²) >= 11 is 0. The highest BCUT2D eigenvalue weighted by Gasteiger charge is 2.38. The quantitative estimate of drug-likeness (QED) is 0.460. The molecule has 1 aliphatic rings. The van der Waals surface area contributed by atoms with Gasteiger partial charge in [0.05, 0.1) is 13.0 Å². The SMILES string of the molecule is COC(=O)[C@H]1C(C)=CCCC1(C)C. The standard InChI is InChI=1S/C11H18O2/c1-8-6-5-7-11(2,3)9(8)10(12)13-4/h6,9H,5,7H2,1-4H3/t9-/m1/s1. The summed E-state index contributed by atoms with van der Waals surface area (Å²) in [5.74, 6) is -0.148. The monoisotopic (exact) mass is 182 g/mol. The van der Waals surface area contributed by atoms with Gasteiger partial charge in [0, 0.05) is 0 Å². The smallest absolute Gasteiger partial charge is 0.313 e. The van der Waals surface area contributed by atoms with Crippen molar-refractivity contribution >= 4 is 5.97 Å². The number of carbonyl (C=O) groups is 1. The molecular weight excluding hydrogens is 164 g/mol. The van der Waals surface area contributed by atoms with Crippen LogP contribution in [-0.4, -0.2) is 13.1 Å². The molecule has 0 N–H and O–H groups in total. The lowest BCUT2D eigenvalue weighted by Gasteiger charge is -2.36. The van der Waals surface area contributed by atoms with Gasteiger partial charge in [-0.15, -0.1) is 0 Å². The molecule has 0 aromatic rings. The molecule has 2 heteroatoms. The van der Waals surface area contributed by atoms with Gasteiger partial charge in [-0.3, -0.25) is 4.79 Å². The van der Waals surface area contributed by atoms with Crippen LogP contribution in [0, 0.1) is 11.3 Å². The molecule has 0 aromatic heterocycles. The first-order valence-corrected chi connectivity index (χ1v) is 4.73. The maximum Gasteiger partial charge on any atom is 0.313 e. The molecule has 1 aliphatic carbocycles. The van der Waals surface area contributed by atoms with Gasteiger partial charge in [0.1, 0.15) is 0 Å². The topological polar surface area (TPSA) is 26.3 Å². The van der Waals surface area contributed by atoms with Crippen LogP contribution in [0.25, 0.3) is 0 Å². The van der Waals surface area contributed by atoms with Gasteiger partial charge >= 0.3 is 5.97 Å². The normalized spacial score (nSPS) is 26.5. The molecule has 0 radical (unpaired) electrons. The second-order valence-corrected chi connectivity index (χ2v) is 4.43. The van der Waals surface area contributed by atoms with Crippen molar-refractivity contribution in [3.63, 3.8) is 0 Å². The third kappa shape index (κ3) is 1.93. The second-order valence-electron chi connectivity index (χ2n) is 4.43. The van der Waals surface area contributed by atoms with Gasteiger partial charge in [-0.1, -0.05) is 25.5 Å². The fourth-order valence-corrected chi connectivity index (χ4v) is 2.17. The second kappa shape index (κ2) is 3.52. The number of ether oxygens (including phenoxy) is 1. The Morgan fingerprint density at radius 2 is 2.23 bits per heavy atom. The van der Waals surface area contributed by atoms with Crippen LogP contribution < -0.4 is 0 Å². The van der Waals surface area contributed by atoms with Crippen molar-refractivity contribution in [1.29, 1.82) is 0 Å². The molecule has 13 heavy (non-hydrogen) atoms. The van der Waals surface area contributed by atoms with Crippen LogP contribution in [-0.2, 0) is 9.53 Å². The van der Waals surface area contributed by atoms with E-state index in [4.69, 9.17) is 4.74 Å². The van der Waals surface area contributed by atoms with Gasteiger partial charge in [0.25, 0.3) is 0 Å². The van der Waals surface area contributed by atoms with Crippen LogP contribution in [0.2, 0.25) is 0 Å². The number of carbonyl (C=O) groups excluding carboxylic acids is 1. The molecule has 2 nitrogen and oxygen atoms in total. The molecule has 1 rings (SSSR count). The van der Waals surface area contributed by atoms with E-state index in [1.807, 2.05) is 6.92 Å². The molecule has 0 aromatic carbocycles. The first kappa shape index (κ1) is 10.3. The van der Waals surface area contributed by atoms with Gasteiger partial charge in [-0.25, -0.2) is 0 Å². The molecule has 74 valence electrons. The molecule has 0 unspecified atom stereocenters. The first-order valence-electron chi connectivity index (χ1n) is 4.73. The first-order chi connectivity index (χ1) is 5.99. The third-order valence-electron chi connectivity index (χ3n) is 2.93. The Hall–Kier alpha value is -0.790. The number of methoxy groups -OCH3 is 1. The Morgan fingerprint density at radius 3 is 2.69 bits per heavy atom. The van der Waals surface area contributed by atoms with Crippen molar-refractivity contribution in [1.82, 2.24) is 0 Å². The maximum atomic E-state index is 11.5. The zero-order valence-electron chi connectivity index (χ0n) is 8.89. The highest BCUT2D eigenvalue weighted by molar-refractivity contribution is 5.76. The summed E-state index contributed by atoms with van der Waals surface area (Å²) in [5, 5.41) is 0. The highest BCUT2D eigenvalue weighted by atomic mass is 16.5. The van der Waals surface area contributed by atoms with Gasteiger partial charge in [-0.05, 0) is 25.2 Å². The molecule has 0 saturated heterocycles. The van der Waals surface area contributed by atoms with Crippen LogP contribution >= 0.6 is 0 Å². The number of esters is 1. The van der Waals surface area contributed by atoms with E-state index >= 15 is 0 Å². The van der Waals surface area contributed by atoms with Crippen molar-refractivity contribution in [2.45, 2.75) is 33.6 Å². The molecule has 0 heterocycles. The largest absolute Gasteiger partial charge is 0.469 e. The lowest BCUT2D eigenvalue weighted by atomic mass is 9.69. The van der Waals surface area contributed by atoms with Crippen molar-refractivity contribution in [3.8, 4) is 0 Å². The van der Waals surface area contributed by atoms with Crippen molar-refractivity contribution in [3.05, 3.63) is 11.6 Å². The average molecular weight is 182 g/mol. The van der Waals surface area contributed by atoms with Crippen molar-refractivity contribution < 1.29 is 9.53 Å². The van der Waals surface area contributed by atoms with Gasteiger partial charge in [-0.2, -0.15) is 0 Å². The molecule has 0 amide bonds. The molecular formula is C11H18O2. The lowest BCUT2D eigenvalue weighted by molar-refractivity contribution is -0.148. The Balaban J connectivity index is 2.94. The fraction of sp³-hybridized carbons (Fsp3) is 0.727. The summed E-state index contributed by atoms with van der Waals surface area (Å²) in [7, 11) is 1.46. The summed E-state index contributed by atoms with van der Waals surface area (Å²) in [6.07, 6.45) is 4.28. The Kier molecular flexibility index (Phi) is 2.79. The zero-order valence-corrected chi connectivity index (χ0v) is 8.89. The van der Waals surface area contributed by atoms with Crippen molar-refractivity contribution in [2.75, 3.05) is 7.11 Å². The van der Waals surface area contributed by atoms with Crippen LogP contribution in [0.4, 0.5) is 0 Å². The number of hydrogen-bond acceptors (Lipinski definition) is 2. The zero-order chi connectivity index (χ0) is 10.1. The van der Waals surface area contributed by atoms with E-state index in [0.717, 1.165) is 18.4 Å². The van der Waals surface area contributed by atoms with Crippen LogP contribution in [0.15, 0.2) is 11.6 Å². The fourth-order valence-electron chi connectivity index (χ4n) is 2.17. The third-order valence-corrected chi connectivity index (χ3v) is 2.93. The molecule has 1 atom stereocenters. The van der Waals surface area contributed by atoms with E-state index in [1.54, 1.807) is 0 Å². The van der Waals surface area contributed by atoms with Gasteiger partial charge < -0.3 is 4.74 Å². The van der Waals surface area contributed by atoms with Crippen LogP contribution in [0.3, 0.4) is 0 Å². The van der Waals surface area contributed by atoms with Gasteiger partial charge in [0.15, 0.2) is 0 Å². The lowest BCUT2D eigenvalue weighted by Crippen LogP contribution is -2.34. The highest BCUT2D eigenvalue weighted by Crippen LogP contribution is 2.41. The van der Waals surface area contributed by atoms with E-state index < -0.39 is 0 Å². The van der Waals surface area contributed by atoms with Crippen LogP contribution in [0.5, 0.6) is 0 Å². The van der Waals surface area contributed by atoms with Crippen molar-refractivity contribution in [2.24, 2.45) is 11.3 Å². The maximum absolute atomic E-state index is 11.5. The van der Waals surface area contributed by atoms with Gasteiger partial charge in [0.2, 0.25) is 0 Å². The van der Waals surface area contributed by atoms with Crippen LogP contribution in [0.1, 0.15) is 33.6 Å². The summed E-state index contributed by atoms with van der Waals surface area (Å²) < 4.78 is 4.82. The molecule has 0 aliphatic heterocycles. The minimum Gasteiger partial charge on any atom is -0.469 e. The summed E-state index contributed by atoms with van der Waals surface area (Å²) in [6.45, 7) is 6.28. The molecule has 0 bridgehead atoms.